The fourth-order valence-electron chi connectivity index (χ4n) is 5.02. The Morgan fingerprint density at radius 1 is 0.944 bits per heavy atom. The molecule has 1 aliphatic rings. The molecule has 36 heavy (non-hydrogen) atoms. The molecule has 1 saturated carbocycles. The summed E-state index contributed by atoms with van der Waals surface area (Å²) in [6.07, 6.45) is 5.58. The van der Waals surface area contributed by atoms with Gasteiger partial charge in [-0.05, 0) is 48.9 Å². The van der Waals surface area contributed by atoms with Crippen molar-refractivity contribution in [2.24, 2.45) is 0 Å². The van der Waals surface area contributed by atoms with Crippen LogP contribution in [-0.4, -0.2) is 28.8 Å². The fourth-order valence-corrected chi connectivity index (χ4v) is 5.25. The van der Waals surface area contributed by atoms with Crippen LogP contribution in [0.15, 0.2) is 78.9 Å². The van der Waals surface area contributed by atoms with Crippen molar-refractivity contribution >= 4 is 23.4 Å². The molecule has 0 aromatic heterocycles. The summed E-state index contributed by atoms with van der Waals surface area (Å²) in [4.78, 5) is 29.3. The van der Waals surface area contributed by atoms with E-state index in [1.165, 1.54) is 0 Å². The van der Waals surface area contributed by atoms with Crippen LogP contribution in [0.1, 0.15) is 54.4 Å². The Labute approximate surface area is 219 Å². The summed E-state index contributed by atoms with van der Waals surface area (Å²) in [6, 6.07) is 25.3. The van der Waals surface area contributed by atoms with Gasteiger partial charge in [0.15, 0.2) is 0 Å². The van der Waals surface area contributed by atoms with Gasteiger partial charge in [0.1, 0.15) is 6.04 Å². The molecular formula is C31H35ClN2O2. The maximum Gasteiger partial charge on any atom is 0.243 e. The third-order valence-corrected chi connectivity index (χ3v) is 7.34. The van der Waals surface area contributed by atoms with Gasteiger partial charge in [-0.2, -0.15) is 0 Å². The molecule has 2 amide bonds. The molecule has 188 valence electrons. The van der Waals surface area contributed by atoms with E-state index in [2.05, 4.69) is 11.4 Å². The SMILES string of the molecule is Cc1cccc(CN(C(=O)CCc2ccccc2Cl)C(Cc2ccccc2)C(=O)NC2CCCC2)c1. The Morgan fingerprint density at radius 2 is 1.64 bits per heavy atom. The van der Waals surface area contributed by atoms with Gasteiger partial charge >= 0.3 is 0 Å². The number of nitrogens with one attached hydrogen (secondary N) is 1. The lowest BCUT2D eigenvalue weighted by molar-refractivity contribution is -0.141. The van der Waals surface area contributed by atoms with Crippen LogP contribution < -0.4 is 5.32 Å². The number of benzene rings is 3. The van der Waals surface area contributed by atoms with E-state index in [4.69, 9.17) is 11.6 Å². The van der Waals surface area contributed by atoms with Crippen LogP contribution in [-0.2, 0) is 29.0 Å². The Kier molecular flexibility index (Phi) is 9.18. The highest BCUT2D eigenvalue weighted by Crippen LogP contribution is 2.22. The van der Waals surface area contributed by atoms with Crippen LogP contribution in [0.5, 0.6) is 0 Å². The largest absolute Gasteiger partial charge is 0.352 e. The van der Waals surface area contributed by atoms with E-state index in [0.29, 0.717) is 24.4 Å². The summed E-state index contributed by atoms with van der Waals surface area (Å²) in [5.41, 5.74) is 4.13. The van der Waals surface area contributed by atoms with Gasteiger partial charge in [0.2, 0.25) is 11.8 Å². The second-order valence-electron chi connectivity index (χ2n) is 9.80. The number of halogens is 1. The van der Waals surface area contributed by atoms with E-state index in [9.17, 15) is 9.59 Å². The maximum absolute atomic E-state index is 13.8. The average molecular weight is 503 g/mol. The number of nitrogens with zero attached hydrogens (tertiary/aromatic N) is 1. The molecule has 0 spiro atoms. The van der Waals surface area contributed by atoms with Gasteiger partial charge in [0, 0.05) is 30.5 Å². The van der Waals surface area contributed by atoms with Crippen LogP contribution >= 0.6 is 11.6 Å². The molecular weight excluding hydrogens is 468 g/mol. The lowest BCUT2D eigenvalue weighted by Gasteiger charge is -2.32. The Hall–Kier alpha value is -3.11. The van der Waals surface area contributed by atoms with Crippen molar-refractivity contribution in [2.45, 2.75) is 70.5 Å². The molecule has 1 aliphatic carbocycles. The van der Waals surface area contributed by atoms with Crippen LogP contribution in [0.4, 0.5) is 0 Å². The molecule has 0 heterocycles. The van der Waals surface area contributed by atoms with Gasteiger partial charge in [-0.1, -0.05) is 103 Å². The first-order chi connectivity index (χ1) is 17.5. The fraction of sp³-hybridized carbons (Fsp3) is 0.355. The van der Waals surface area contributed by atoms with Gasteiger partial charge in [-0.25, -0.2) is 0 Å². The monoisotopic (exact) mass is 502 g/mol. The second kappa shape index (κ2) is 12.7. The predicted octanol–water partition coefficient (Wildman–Crippen LogP) is 6.28. The first-order valence-corrected chi connectivity index (χ1v) is 13.3. The molecule has 4 rings (SSSR count). The number of aryl methyl sites for hydroxylation is 2. The number of amides is 2. The third-order valence-electron chi connectivity index (χ3n) is 6.97. The van der Waals surface area contributed by atoms with Gasteiger partial charge in [-0.15, -0.1) is 0 Å². The minimum Gasteiger partial charge on any atom is -0.352 e. The minimum atomic E-state index is -0.591. The second-order valence-corrected chi connectivity index (χ2v) is 10.2. The number of carbonyl (C=O) groups excluding carboxylic acids is 2. The first kappa shape index (κ1) is 26.0. The van der Waals surface area contributed by atoms with Crippen LogP contribution in [0, 0.1) is 6.92 Å². The van der Waals surface area contributed by atoms with E-state index in [-0.39, 0.29) is 24.3 Å². The van der Waals surface area contributed by atoms with Gasteiger partial charge in [0.25, 0.3) is 0 Å². The number of rotatable bonds is 10. The summed E-state index contributed by atoms with van der Waals surface area (Å²) in [6.45, 7) is 2.43. The highest BCUT2D eigenvalue weighted by Gasteiger charge is 2.32. The van der Waals surface area contributed by atoms with Crippen molar-refractivity contribution in [3.05, 3.63) is 106 Å². The highest BCUT2D eigenvalue weighted by atomic mass is 35.5. The normalized spacial score (nSPS) is 14.4. The molecule has 4 nitrogen and oxygen atoms in total. The van der Waals surface area contributed by atoms with Crippen LogP contribution in [0.3, 0.4) is 0 Å². The summed E-state index contributed by atoms with van der Waals surface area (Å²) in [5.74, 6) is -0.108. The molecule has 0 bridgehead atoms. The van der Waals surface area contributed by atoms with Gasteiger partial charge in [-0.3, -0.25) is 9.59 Å². The molecule has 0 saturated heterocycles. The molecule has 0 aliphatic heterocycles. The molecule has 5 heteroatoms. The van der Waals surface area contributed by atoms with E-state index < -0.39 is 6.04 Å². The van der Waals surface area contributed by atoms with Crippen LogP contribution in [0.2, 0.25) is 5.02 Å². The zero-order valence-electron chi connectivity index (χ0n) is 21.0. The number of hydrogen-bond acceptors (Lipinski definition) is 2. The lowest BCUT2D eigenvalue weighted by Crippen LogP contribution is -2.52. The maximum atomic E-state index is 13.8. The summed E-state index contributed by atoms with van der Waals surface area (Å²) in [5, 5.41) is 3.92. The van der Waals surface area contributed by atoms with Crippen molar-refractivity contribution in [3.63, 3.8) is 0 Å². The Balaban J connectivity index is 1.62. The van der Waals surface area contributed by atoms with Gasteiger partial charge < -0.3 is 10.2 Å². The van der Waals surface area contributed by atoms with Crippen molar-refractivity contribution < 1.29 is 9.59 Å². The van der Waals surface area contributed by atoms with Crippen molar-refractivity contribution in [3.8, 4) is 0 Å². The van der Waals surface area contributed by atoms with E-state index >= 15 is 0 Å². The molecule has 1 fully saturated rings. The Morgan fingerprint density at radius 3 is 2.36 bits per heavy atom. The molecule has 3 aromatic carbocycles. The first-order valence-electron chi connectivity index (χ1n) is 12.9. The quantitative estimate of drug-likeness (QED) is 0.354. The third kappa shape index (κ3) is 7.20. The summed E-state index contributed by atoms with van der Waals surface area (Å²) < 4.78 is 0. The molecule has 1 atom stereocenters. The summed E-state index contributed by atoms with van der Waals surface area (Å²) >= 11 is 6.36. The zero-order valence-corrected chi connectivity index (χ0v) is 21.7. The minimum absolute atomic E-state index is 0.0427. The predicted molar refractivity (Wildman–Crippen MR) is 146 cm³/mol. The van der Waals surface area contributed by atoms with Crippen molar-refractivity contribution in [1.29, 1.82) is 0 Å². The van der Waals surface area contributed by atoms with Crippen LogP contribution in [0.25, 0.3) is 0 Å². The lowest BCUT2D eigenvalue weighted by atomic mass is 10.0. The van der Waals surface area contributed by atoms with Crippen molar-refractivity contribution in [2.75, 3.05) is 0 Å². The smallest absolute Gasteiger partial charge is 0.243 e. The molecule has 1 N–H and O–H groups in total. The van der Waals surface area contributed by atoms with Gasteiger partial charge in [0.05, 0.1) is 0 Å². The summed E-state index contributed by atoms with van der Waals surface area (Å²) in [7, 11) is 0. The average Bonchev–Trinajstić information content (AvgIpc) is 3.39. The number of carbonyl (C=O) groups is 2. The molecule has 1 unspecified atom stereocenters. The standard InChI is InChI=1S/C31H35ClN2O2/c1-23-10-9-13-25(20-23)22-34(30(35)19-18-26-14-5-8-17-28(26)32)29(21-24-11-3-2-4-12-24)31(36)33-27-15-6-7-16-27/h2-5,8-14,17,20,27,29H,6-7,15-16,18-19,21-22H2,1H3,(H,33,36). The van der Waals surface area contributed by atoms with Crippen molar-refractivity contribution in [1.82, 2.24) is 10.2 Å². The van der Waals surface area contributed by atoms with E-state index in [1.54, 1.807) is 4.90 Å². The van der Waals surface area contributed by atoms with E-state index in [1.807, 2.05) is 79.7 Å². The topological polar surface area (TPSA) is 49.4 Å². The zero-order chi connectivity index (χ0) is 25.3. The molecule has 0 radical (unpaired) electrons. The molecule has 3 aromatic rings. The highest BCUT2D eigenvalue weighted by molar-refractivity contribution is 6.31. The Bertz CT molecular complexity index is 1160. The number of hydrogen-bond donors (Lipinski definition) is 1. The van der Waals surface area contributed by atoms with E-state index in [0.717, 1.165) is 47.9 Å².